The van der Waals surface area contributed by atoms with Gasteiger partial charge in [-0.05, 0) is 12.5 Å². The molecule has 1 heterocycles. The minimum absolute atomic E-state index is 0.0581. The van der Waals surface area contributed by atoms with E-state index in [1.54, 1.807) is 18.3 Å². The number of ether oxygens (including phenoxy) is 1. The molecule has 0 saturated carbocycles. The van der Waals surface area contributed by atoms with Crippen LogP contribution in [0.5, 0.6) is 5.88 Å². The molecule has 7 nitrogen and oxygen atoms in total. The smallest absolute Gasteiger partial charge is 0.269 e. The summed E-state index contributed by atoms with van der Waals surface area (Å²) in [6.07, 6.45) is 1.58. The van der Waals surface area contributed by atoms with Gasteiger partial charge in [-0.1, -0.05) is 12.1 Å². The SMILES string of the molecule is COc1ccnc(NC(C)c2cccc([N+](=O)[O-])c2)n1. The first-order chi connectivity index (χ1) is 9.60. The molecule has 0 radical (unpaired) electrons. The summed E-state index contributed by atoms with van der Waals surface area (Å²) in [5.74, 6) is 0.858. The maximum Gasteiger partial charge on any atom is 0.269 e. The van der Waals surface area contributed by atoms with Crippen molar-refractivity contribution in [3.05, 3.63) is 52.2 Å². The highest BCUT2D eigenvalue weighted by Gasteiger charge is 2.12. The quantitative estimate of drug-likeness (QED) is 0.665. The number of methoxy groups -OCH3 is 1. The number of hydrogen-bond donors (Lipinski definition) is 1. The number of aromatic nitrogens is 2. The van der Waals surface area contributed by atoms with Crippen molar-refractivity contribution in [1.29, 1.82) is 0 Å². The number of nitro groups is 1. The van der Waals surface area contributed by atoms with Crippen molar-refractivity contribution in [2.45, 2.75) is 13.0 Å². The van der Waals surface area contributed by atoms with Crippen molar-refractivity contribution in [3.8, 4) is 5.88 Å². The molecule has 2 aromatic rings. The third-order valence-corrected chi connectivity index (χ3v) is 2.77. The number of nitrogens with zero attached hydrogens (tertiary/aromatic N) is 3. The highest BCUT2D eigenvalue weighted by molar-refractivity contribution is 5.39. The molecule has 0 bridgehead atoms. The molecule has 1 aromatic carbocycles. The highest BCUT2D eigenvalue weighted by atomic mass is 16.6. The fraction of sp³-hybridized carbons (Fsp3) is 0.231. The second-order valence-corrected chi connectivity index (χ2v) is 4.14. The molecule has 0 aliphatic carbocycles. The molecule has 20 heavy (non-hydrogen) atoms. The van der Waals surface area contributed by atoms with E-state index in [4.69, 9.17) is 4.74 Å². The molecule has 0 amide bonds. The van der Waals surface area contributed by atoms with Crippen LogP contribution in [0.1, 0.15) is 18.5 Å². The number of hydrogen-bond acceptors (Lipinski definition) is 6. The van der Waals surface area contributed by atoms with Crippen LogP contribution in [0.3, 0.4) is 0 Å². The average Bonchev–Trinajstić information content (AvgIpc) is 2.47. The molecule has 0 saturated heterocycles. The Balaban J connectivity index is 2.16. The van der Waals surface area contributed by atoms with Crippen molar-refractivity contribution in [2.75, 3.05) is 12.4 Å². The van der Waals surface area contributed by atoms with E-state index in [9.17, 15) is 10.1 Å². The van der Waals surface area contributed by atoms with Crippen LogP contribution in [-0.2, 0) is 0 Å². The third-order valence-electron chi connectivity index (χ3n) is 2.77. The summed E-state index contributed by atoms with van der Waals surface area (Å²) in [6.45, 7) is 1.88. The van der Waals surface area contributed by atoms with Gasteiger partial charge in [0.2, 0.25) is 11.8 Å². The summed E-state index contributed by atoms with van der Waals surface area (Å²) in [4.78, 5) is 18.6. The molecule has 1 N–H and O–H groups in total. The Morgan fingerprint density at radius 1 is 1.40 bits per heavy atom. The Hall–Kier alpha value is -2.70. The number of non-ortho nitro benzene ring substituents is 1. The van der Waals surface area contributed by atoms with E-state index in [0.29, 0.717) is 11.8 Å². The zero-order chi connectivity index (χ0) is 14.5. The van der Waals surface area contributed by atoms with Gasteiger partial charge in [0, 0.05) is 24.4 Å². The van der Waals surface area contributed by atoms with Gasteiger partial charge in [-0.3, -0.25) is 10.1 Å². The molecule has 0 fully saturated rings. The number of benzene rings is 1. The van der Waals surface area contributed by atoms with E-state index in [1.165, 1.54) is 19.2 Å². The summed E-state index contributed by atoms with van der Waals surface area (Å²) in [7, 11) is 1.52. The van der Waals surface area contributed by atoms with E-state index in [0.717, 1.165) is 5.56 Å². The van der Waals surface area contributed by atoms with Crippen molar-refractivity contribution in [1.82, 2.24) is 9.97 Å². The van der Waals surface area contributed by atoms with Gasteiger partial charge in [-0.2, -0.15) is 4.98 Å². The molecule has 104 valence electrons. The lowest BCUT2D eigenvalue weighted by Crippen LogP contribution is -2.09. The topological polar surface area (TPSA) is 90.2 Å². The van der Waals surface area contributed by atoms with Crippen molar-refractivity contribution in [3.63, 3.8) is 0 Å². The van der Waals surface area contributed by atoms with Gasteiger partial charge in [-0.25, -0.2) is 4.98 Å². The van der Waals surface area contributed by atoms with Gasteiger partial charge in [0.1, 0.15) is 0 Å². The predicted octanol–water partition coefficient (Wildman–Crippen LogP) is 2.57. The number of rotatable bonds is 5. The van der Waals surface area contributed by atoms with Crippen LogP contribution in [0.25, 0.3) is 0 Å². The Labute approximate surface area is 115 Å². The van der Waals surface area contributed by atoms with Gasteiger partial charge < -0.3 is 10.1 Å². The zero-order valence-electron chi connectivity index (χ0n) is 11.1. The van der Waals surface area contributed by atoms with Crippen LogP contribution < -0.4 is 10.1 Å². The molecule has 1 aromatic heterocycles. The number of nitrogens with one attached hydrogen (secondary N) is 1. The van der Waals surface area contributed by atoms with E-state index in [1.807, 2.05) is 13.0 Å². The normalized spacial score (nSPS) is 11.7. The molecule has 0 aliphatic rings. The fourth-order valence-electron chi connectivity index (χ4n) is 1.71. The molecule has 0 aliphatic heterocycles. The standard InChI is InChI=1S/C13H14N4O3/c1-9(10-4-3-5-11(8-10)17(18)19)15-13-14-7-6-12(16-13)20-2/h3-9H,1-2H3,(H,14,15,16). The van der Waals surface area contributed by atoms with E-state index < -0.39 is 4.92 Å². The van der Waals surface area contributed by atoms with Crippen LogP contribution in [0, 0.1) is 10.1 Å². The Bertz CT molecular complexity index is 618. The molecular weight excluding hydrogens is 260 g/mol. The van der Waals surface area contributed by atoms with Crippen LogP contribution in [-0.4, -0.2) is 22.0 Å². The first kappa shape index (κ1) is 13.7. The second-order valence-electron chi connectivity index (χ2n) is 4.14. The summed E-state index contributed by atoms with van der Waals surface area (Å²) < 4.78 is 5.01. The van der Waals surface area contributed by atoms with Crippen molar-refractivity contribution >= 4 is 11.6 Å². The Kier molecular flexibility index (Phi) is 4.09. The highest BCUT2D eigenvalue weighted by Crippen LogP contribution is 2.21. The first-order valence-electron chi connectivity index (χ1n) is 5.98. The fourth-order valence-corrected chi connectivity index (χ4v) is 1.71. The van der Waals surface area contributed by atoms with Gasteiger partial charge in [0.05, 0.1) is 18.1 Å². The second kappa shape index (κ2) is 5.96. The predicted molar refractivity (Wildman–Crippen MR) is 73.7 cm³/mol. The van der Waals surface area contributed by atoms with E-state index >= 15 is 0 Å². The summed E-state index contributed by atoms with van der Waals surface area (Å²) in [6, 6.07) is 7.92. The van der Waals surface area contributed by atoms with Crippen LogP contribution in [0.4, 0.5) is 11.6 Å². The minimum Gasteiger partial charge on any atom is -0.481 e. The number of anilines is 1. The minimum atomic E-state index is -0.418. The zero-order valence-corrected chi connectivity index (χ0v) is 11.1. The van der Waals surface area contributed by atoms with E-state index in [-0.39, 0.29) is 11.7 Å². The Morgan fingerprint density at radius 3 is 2.90 bits per heavy atom. The van der Waals surface area contributed by atoms with Gasteiger partial charge in [0.15, 0.2) is 0 Å². The lowest BCUT2D eigenvalue weighted by molar-refractivity contribution is -0.384. The van der Waals surface area contributed by atoms with Crippen LogP contribution in [0.2, 0.25) is 0 Å². The third kappa shape index (κ3) is 3.19. The van der Waals surface area contributed by atoms with E-state index in [2.05, 4.69) is 15.3 Å². The first-order valence-corrected chi connectivity index (χ1v) is 5.98. The average molecular weight is 274 g/mol. The van der Waals surface area contributed by atoms with Gasteiger partial charge >= 0.3 is 0 Å². The molecule has 0 spiro atoms. The molecule has 2 rings (SSSR count). The van der Waals surface area contributed by atoms with Crippen molar-refractivity contribution < 1.29 is 9.66 Å². The summed E-state index contributed by atoms with van der Waals surface area (Å²) in [5, 5.41) is 13.8. The maximum absolute atomic E-state index is 10.8. The van der Waals surface area contributed by atoms with Gasteiger partial charge in [0.25, 0.3) is 5.69 Å². The molecule has 7 heteroatoms. The van der Waals surface area contributed by atoms with Crippen LogP contribution in [0.15, 0.2) is 36.5 Å². The molecule has 1 unspecified atom stereocenters. The monoisotopic (exact) mass is 274 g/mol. The molecular formula is C13H14N4O3. The Morgan fingerprint density at radius 2 is 2.20 bits per heavy atom. The van der Waals surface area contributed by atoms with Gasteiger partial charge in [-0.15, -0.1) is 0 Å². The summed E-state index contributed by atoms with van der Waals surface area (Å²) >= 11 is 0. The lowest BCUT2D eigenvalue weighted by atomic mass is 10.1. The lowest BCUT2D eigenvalue weighted by Gasteiger charge is -2.14. The van der Waals surface area contributed by atoms with Crippen molar-refractivity contribution in [2.24, 2.45) is 0 Å². The van der Waals surface area contributed by atoms with Crippen LogP contribution >= 0.6 is 0 Å². The number of nitro benzene ring substituents is 1. The summed E-state index contributed by atoms with van der Waals surface area (Å²) in [5.41, 5.74) is 0.841. The maximum atomic E-state index is 10.8. The largest absolute Gasteiger partial charge is 0.481 e. The molecule has 1 atom stereocenters.